The van der Waals surface area contributed by atoms with E-state index in [1.54, 1.807) is 13.8 Å². The summed E-state index contributed by atoms with van der Waals surface area (Å²) in [5, 5.41) is 47.3. The molecule has 7 heteroatoms. The first-order valence-electron chi connectivity index (χ1n) is 5.83. The van der Waals surface area contributed by atoms with Gasteiger partial charge in [-0.3, -0.25) is 0 Å². The van der Waals surface area contributed by atoms with E-state index in [-0.39, 0.29) is 6.61 Å². The quantitative estimate of drug-likeness (QED) is 0.419. The molecule has 7 nitrogen and oxygen atoms in total. The zero-order chi connectivity index (χ0) is 14.1. The van der Waals surface area contributed by atoms with Crippen molar-refractivity contribution in [2.24, 2.45) is 11.8 Å². The van der Waals surface area contributed by atoms with Gasteiger partial charge in [0.25, 0.3) is 5.79 Å². The number of rotatable bonds is 4. The number of hydrogen-bond donors (Lipinski definition) is 5. The Morgan fingerprint density at radius 1 is 1.56 bits per heavy atom. The van der Waals surface area contributed by atoms with Gasteiger partial charge in [0, 0.05) is 24.9 Å². The Hall–Kier alpha value is -0.730. The number of carboxylic acid groups (broad SMARTS) is 1. The fourth-order valence-corrected chi connectivity index (χ4v) is 2.02. The molecule has 1 heterocycles. The Kier molecular flexibility index (Phi) is 4.68. The van der Waals surface area contributed by atoms with Crippen molar-refractivity contribution in [2.45, 2.75) is 44.4 Å². The average Bonchev–Trinajstić information content (AvgIpc) is 2.31. The number of carboxylic acids is 1. The second-order valence-electron chi connectivity index (χ2n) is 4.95. The van der Waals surface area contributed by atoms with Gasteiger partial charge in [0.05, 0.1) is 18.3 Å². The third-order valence-corrected chi connectivity index (χ3v) is 3.48. The molecule has 0 amide bonds. The van der Waals surface area contributed by atoms with E-state index in [4.69, 9.17) is 14.9 Å². The van der Waals surface area contributed by atoms with Gasteiger partial charge in [0.1, 0.15) is 0 Å². The van der Waals surface area contributed by atoms with Crippen molar-refractivity contribution in [3.8, 4) is 0 Å². The predicted octanol–water partition coefficient (Wildman–Crippen LogP) is -1.47. The molecule has 0 saturated carbocycles. The lowest BCUT2D eigenvalue weighted by Gasteiger charge is -2.43. The van der Waals surface area contributed by atoms with Gasteiger partial charge in [-0.1, -0.05) is 13.8 Å². The molecular formula is C11H20O7. The van der Waals surface area contributed by atoms with Crippen LogP contribution in [0.5, 0.6) is 0 Å². The van der Waals surface area contributed by atoms with E-state index in [9.17, 15) is 20.1 Å². The molecule has 1 unspecified atom stereocenters. The molecular weight excluding hydrogens is 244 g/mol. The van der Waals surface area contributed by atoms with Gasteiger partial charge in [0.15, 0.2) is 0 Å². The Morgan fingerprint density at radius 2 is 2.11 bits per heavy atom. The SMILES string of the molecule is C[C@H](CO)[C@@H](O)C1O[C@](O)(C(=O)O)C[C@@H](O)[C@H]1C. The van der Waals surface area contributed by atoms with Crippen molar-refractivity contribution < 1.29 is 35.1 Å². The summed E-state index contributed by atoms with van der Waals surface area (Å²) < 4.78 is 5.04. The minimum absolute atomic E-state index is 0.310. The smallest absolute Gasteiger partial charge is 0.364 e. The number of aliphatic hydroxyl groups excluding tert-OH is 3. The molecule has 0 radical (unpaired) electrons. The molecule has 1 fully saturated rings. The normalized spacial score (nSPS) is 40.2. The maximum atomic E-state index is 10.9. The summed E-state index contributed by atoms with van der Waals surface area (Å²) in [6, 6.07) is 0. The van der Waals surface area contributed by atoms with Crippen molar-refractivity contribution in [3.05, 3.63) is 0 Å². The third kappa shape index (κ3) is 2.81. The summed E-state index contributed by atoms with van der Waals surface area (Å²) in [5.41, 5.74) is 0. The van der Waals surface area contributed by atoms with E-state index < -0.39 is 48.3 Å². The van der Waals surface area contributed by atoms with Crippen LogP contribution < -0.4 is 0 Å². The molecule has 6 atom stereocenters. The van der Waals surface area contributed by atoms with Crippen LogP contribution in [0.1, 0.15) is 20.3 Å². The minimum Gasteiger partial charge on any atom is -0.477 e. The Bertz CT molecular complexity index is 308. The van der Waals surface area contributed by atoms with E-state index in [2.05, 4.69) is 0 Å². The standard InChI is InChI=1S/C11H20O7/c1-5(4-12)8(14)9-6(2)7(13)3-11(17,18-9)10(15)16/h5-9,12-14,17H,3-4H2,1-2H3,(H,15,16)/t5-,6-,7-,8-,9?,11+/m1/s1. The summed E-state index contributed by atoms with van der Waals surface area (Å²) in [6.45, 7) is 2.83. The van der Waals surface area contributed by atoms with E-state index in [1.807, 2.05) is 0 Å². The van der Waals surface area contributed by atoms with Crippen LogP contribution in [0.4, 0.5) is 0 Å². The van der Waals surface area contributed by atoms with E-state index in [0.717, 1.165) is 0 Å². The molecule has 106 valence electrons. The van der Waals surface area contributed by atoms with E-state index in [0.29, 0.717) is 0 Å². The fourth-order valence-electron chi connectivity index (χ4n) is 2.02. The molecule has 1 rings (SSSR count). The van der Waals surface area contributed by atoms with Gasteiger partial charge < -0.3 is 30.3 Å². The van der Waals surface area contributed by atoms with Crippen molar-refractivity contribution in [1.82, 2.24) is 0 Å². The largest absolute Gasteiger partial charge is 0.477 e. The van der Waals surface area contributed by atoms with Crippen molar-refractivity contribution >= 4 is 5.97 Å². The van der Waals surface area contributed by atoms with Crippen LogP contribution in [0.2, 0.25) is 0 Å². The third-order valence-electron chi connectivity index (χ3n) is 3.48. The summed E-state index contributed by atoms with van der Waals surface area (Å²) in [5.74, 6) is -5.22. The highest BCUT2D eigenvalue weighted by Crippen LogP contribution is 2.34. The molecule has 0 aliphatic carbocycles. The first kappa shape index (κ1) is 15.3. The monoisotopic (exact) mass is 264 g/mol. The van der Waals surface area contributed by atoms with Gasteiger partial charge in [-0.2, -0.15) is 0 Å². The number of ether oxygens (including phenoxy) is 1. The number of hydrogen-bond acceptors (Lipinski definition) is 6. The molecule has 0 bridgehead atoms. The summed E-state index contributed by atoms with van der Waals surface area (Å²) in [6.07, 6.45) is -3.80. The highest BCUT2D eigenvalue weighted by molar-refractivity contribution is 5.75. The molecule has 1 aliphatic heterocycles. The molecule has 0 aromatic carbocycles. The summed E-state index contributed by atoms with van der Waals surface area (Å²) in [7, 11) is 0. The molecule has 1 saturated heterocycles. The van der Waals surface area contributed by atoms with Crippen LogP contribution in [0.25, 0.3) is 0 Å². The van der Waals surface area contributed by atoms with Crippen molar-refractivity contribution in [3.63, 3.8) is 0 Å². The fraction of sp³-hybridized carbons (Fsp3) is 0.909. The lowest BCUT2D eigenvalue weighted by atomic mass is 9.83. The van der Waals surface area contributed by atoms with E-state index in [1.165, 1.54) is 0 Å². The van der Waals surface area contributed by atoms with Crippen LogP contribution in [-0.2, 0) is 9.53 Å². The summed E-state index contributed by atoms with van der Waals surface area (Å²) in [4.78, 5) is 10.9. The zero-order valence-corrected chi connectivity index (χ0v) is 10.4. The molecule has 5 N–H and O–H groups in total. The average molecular weight is 264 g/mol. The first-order chi connectivity index (χ1) is 8.23. The highest BCUT2D eigenvalue weighted by atomic mass is 16.7. The summed E-state index contributed by atoms with van der Waals surface area (Å²) >= 11 is 0. The molecule has 0 aromatic rings. The molecule has 18 heavy (non-hydrogen) atoms. The van der Waals surface area contributed by atoms with Gasteiger partial charge in [-0.15, -0.1) is 0 Å². The molecule has 1 aliphatic rings. The minimum atomic E-state index is -2.51. The van der Waals surface area contributed by atoms with Crippen LogP contribution in [0.3, 0.4) is 0 Å². The van der Waals surface area contributed by atoms with Gasteiger partial charge in [-0.25, -0.2) is 4.79 Å². The first-order valence-corrected chi connectivity index (χ1v) is 5.83. The highest BCUT2D eigenvalue weighted by Gasteiger charge is 2.51. The van der Waals surface area contributed by atoms with Crippen molar-refractivity contribution in [2.75, 3.05) is 6.61 Å². The maximum Gasteiger partial charge on any atom is 0.364 e. The Labute approximate surface area is 105 Å². The van der Waals surface area contributed by atoms with Crippen LogP contribution in [0, 0.1) is 11.8 Å². The van der Waals surface area contributed by atoms with Crippen molar-refractivity contribution in [1.29, 1.82) is 0 Å². The van der Waals surface area contributed by atoms with Crippen LogP contribution in [0.15, 0.2) is 0 Å². The lowest BCUT2D eigenvalue weighted by Crippen LogP contribution is -2.59. The Balaban J connectivity index is 2.92. The van der Waals surface area contributed by atoms with Crippen LogP contribution in [-0.4, -0.2) is 62.2 Å². The zero-order valence-electron chi connectivity index (χ0n) is 10.4. The van der Waals surface area contributed by atoms with Gasteiger partial charge in [-0.05, 0) is 0 Å². The molecule has 0 spiro atoms. The Morgan fingerprint density at radius 3 is 2.56 bits per heavy atom. The number of aliphatic hydroxyl groups is 4. The van der Waals surface area contributed by atoms with Gasteiger partial charge >= 0.3 is 5.97 Å². The van der Waals surface area contributed by atoms with Gasteiger partial charge in [0.2, 0.25) is 0 Å². The number of carbonyl (C=O) groups is 1. The van der Waals surface area contributed by atoms with E-state index >= 15 is 0 Å². The maximum absolute atomic E-state index is 10.9. The second kappa shape index (κ2) is 5.50. The predicted molar refractivity (Wildman–Crippen MR) is 59.5 cm³/mol. The van der Waals surface area contributed by atoms with Crippen LogP contribution >= 0.6 is 0 Å². The topological polar surface area (TPSA) is 127 Å². The second-order valence-corrected chi connectivity index (χ2v) is 4.95. The number of aliphatic carboxylic acids is 1. The lowest BCUT2D eigenvalue weighted by molar-refractivity contribution is -0.299. The molecule has 0 aromatic heterocycles.